The fraction of sp³-hybridized carbons (Fsp3) is 0.214. The number of hydrogen-bond acceptors (Lipinski definition) is 3. The van der Waals surface area contributed by atoms with Crippen molar-refractivity contribution in [2.24, 2.45) is 0 Å². The molecule has 98 valence electrons. The van der Waals surface area contributed by atoms with Gasteiger partial charge in [-0.15, -0.1) is 0 Å². The molecule has 0 unspecified atom stereocenters. The van der Waals surface area contributed by atoms with Gasteiger partial charge in [-0.1, -0.05) is 12.1 Å². The lowest BCUT2D eigenvalue weighted by molar-refractivity contribution is 0.0697. The molecule has 1 heterocycles. The topological polar surface area (TPSA) is 72.2 Å². The average molecular weight is 258 g/mol. The minimum absolute atomic E-state index is 0.0742. The van der Waals surface area contributed by atoms with E-state index in [0.29, 0.717) is 12.1 Å². The van der Waals surface area contributed by atoms with Crippen LogP contribution in [0.25, 0.3) is 0 Å². The summed E-state index contributed by atoms with van der Waals surface area (Å²) in [5.41, 5.74) is 2.37. The maximum absolute atomic E-state index is 12.0. The van der Waals surface area contributed by atoms with Crippen LogP contribution in [-0.2, 0) is 6.54 Å². The van der Waals surface area contributed by atoms with E-state index in [1.54, 1.807) is 26.0 Å². The molecule has 0 spiro atoms. The molecule has 0 aliphatic heterocycles. The highest BCUT2D eigenvalue weighted by atomic mass is 16.4. The van der Waals surface area contributed by atoms with Gasteiger partial charge in [0.15, 0.2) is 0 Å². The molecule has 0 bridgehead atoms. The number of carboxylic acids is 1. The molecule has 1 aromatic heterocycles. The van der Waals surface area contributed by atoms with Crippen LogP contribution in [0.15, 0.2) is 35.4 Å². The minimum atomic E-state index is -0.962. The second-order valence-corrected chi connectivity index (χ2v) is 4.39. The Morgan fingerprint density at radius 2 is 1.89 bits per heavy atom. The molecule has 0 aliphatic rings. The number of rotatable bonds is 3. The van der Waals surface area contributed by atoms with Gasteiger partial charge in [-0.25, -0.2) is 9.78 Å². The van der Waals surface area contributed by atoms with E-state index in [9.17, 15) is 9.59 Å². The molecule has 0 radical (unpaired) electrons. The molecule has 0 fully saturated rings. The number of hydrogen-bond donors (Lipinski definition) is 1. The van der Waals surface area contributed by atoms with Gasteiger partial charge in [0, 0.05) is 11.3 Å². The van der Waals surface area contributed by atoms with Crippen LogP contribution in [-0.4, -0.2) is 20.6 Å². The highest BCUT2D eigenvalue weighted by Gasteiger charge is 2.06. The number of aryl methyl sites for hydroxylation is 1. The summed E-state index contributed by atoms with van der Waals surface area (Å²) >= 11 is 0. The van der Waals surface area contributed by atoms with E-state index in [2.05, 4.69) is 4.98 Å². The van der Waals surface area contributed by atoms with Crippen molar-refractivity contribution in [2.75, 3.05) is 0 Å². The average Bonchev–Trinajstić information content (AvgIpc) is 2.40. The molecular weight excluding hydrogens is 244 g/mol. The van der Waals surface area contributed by atoms with Gasteiger partial charge in [-0.3, -0.25) is 9.36 Å². The van der Waals surface area contributed by atoms with E-state index in [-0.39, 0.29) is 11.1 Å². The zero-order valence-electron chi connectivity index (χ0n) is 10.8. The third-order valence-corrected chi connectivity index (χ3v) is 3.07. The van der Waals surface area contributed by atoms with E-state index >= 15 is 0 Å². The lowest BCUT2D eigenvalue weighted by Gasteiger charge is -2.08. The molecule has 19 heavy (non-hydrogen) atoms. The normalized spacial score (nSPS) is 10.4. The summed E-state index contributed by atoms with van der Waals surface area (Å²) in [5.74, 6) is -0.962. The smallest absolute Gasteiger partial charge is 0.335 e. The molecular formula is C14H14N2O3. The van der Waals surface area contributed by atoms with E-state index in [1.807, 2.05) is 0 Å². The van der Waals surface area contributed by atoms with Crippen LogP contribution in [0.1, 0.15) is 27.2 Å². The monoisotopic (exact) mass is 258 g/mol. The minimum Gasteiger partial charge on any atom is -0.478 e. The Hall–Kier alpha value is -2.43. The highest BCUT2D eigenvalue weighted by Crippen LogP contribution is 2.06. The third kappa shape index (κ3) is 2.70. The SMILES string of the molecule is Cc1ncn(Cc2ccc(C(=O)O)cc2)c(=O)c1C. The Morgan fingerprint density at radius 3 is 2.47 bits per heavy atom. The molecule has 5 nitrogen and oxygen atoms in total. The Bertz CT molecular complexity index is 672. The van der Waals surface area contributed by atoms with E-state index in [0.717, 1.165) is 11.3 Å². The number of carbonyl (C=O) groups is 1. The first-order valence-corrected chi connectivity index (χ1v) is 5.84. The summed E-state index contributed by atoms with van der Waals surface area (Å²) in [6, 6.07) is 6.45. The summed E-state index contributed by atoms with van der Waals surface area (Å²) in [5, 5.41) is 8.81. The first kappa shape index (κ1) is 13.0. The van der Waals surface area contributed by atoms with Crippen molar-refractivity contribution in [1.29, 1.82) is 0 Å². The predicted molar refractivity (Wildman–Crippen MR) is 70.5 cm³/mol. The number of benzene rings is 1. The molecule has 5 heteroatoms. The third-order valence-electron chi connectivity index (χ3n) is 3.07. The van der Waals surface area contributed by atoms with Crippen LogP contribution in [0.2, 0.25) is 0 Å². The molecule has 0 saturated heterocycles. The summed E-state index contributed by atoms with van der Waals surface area (Å²) in [4.78, 5) is 26.9. The second kappa shape index (κ2) is 5.06. The van der Waals surface area contributed by atoms with Gasteiger partial charge in [0.2, 0.25) is 0 Å². The molecule has 0 aliphatic carbocycles. The van der Waals surface area contributed by atoms with E-state index in [1.165, 1.54) is 23.0 Å². The standard InChI is InChI=1S/C14H14N2O3/c1-9-10(2)15-8-16(13(9)17)7-11-3-5-12(6-4-11)14(18)19/h3-6,8H,7H2,1-2H3,(H,18,19). The summed E-state index contributed by atoms with van der Waals surface area (Å²) < 4.78 is 1.51. The first-order valence-electron chi connectivity index (χ1n) is 5.84. The van der Waals surface area contributed by atoms with Gasteiger partial charge in [0.1, 0.15) is 0 Å². The van der Waals surface area contributed by atoms with E-state index < -0.39 is 5.97 Å². The molecule has 0 atom stereocenters. The number of nitrogens with zero attached hydrogens (tertiary/aromatic N) is 2. The van der Waals surface area contributed by atoms with Crippen LogP contribution in [0.3, 0.4) is 0 Å². The van der Waals surface area contributed by atoms with Crippen molar-refractivity contribution in [3.05, 3.63) is 63.3 Å². The van der Waals surface area contributed by atoms with Crippen molar-refractivity contribution < 1.29 is 9.90 Å². The van der Waals surface area contributed by atoms with Crippen LogP contribution < -0.4 is 5.56 Å². The predicted octanol–water partition coefficient (Wildman–Crippen LogP) is 1.61. The first-order chi connectivity index (χ1) is 8.99. The zero-order chi connectivity index (χ0) is 14.0. The van der Waals surface area contributed by atoms with Gasteiger partial charge >= 0.3 is 5.97 Å². The number of carboxylic acid groups (broad SMARTS) is 1. The van der Waals surface area contributed by atoms with Crippen molar-refractivity contribution in [2.45, 2.75) is 20.4 Å². The Morgan fingerprint density at radius 1 is 1.26 bits per heavy atom. The fourth-order valence-electron chi connectivity index (χ4n) is 1.74. The molecule has 1 aromatic carbocycles. The quantitative estimate of drug-likeness (QED) is 0.907. The number of aromatic carboxylic acids is 1. The van der Waals surface area contributed by atoms with Crippen molar-refractivity contribution in [3.8, 4) is 0 Å². The van der Waals surface area contributed by atoms with Gasteiger partial charge in [-0.05, 0) is 31.5 Å². The van der Waals surface area contributed by atoms with Crippen molar-refractivity contribution in [3.63, 3.8) is 0 Å². The van der Waals surface area contributed by atoms with Crippen molar-refractivity contribution in [1.82, 2.24) is 9.55 Å². The van der Waals surface area contributed by atoms with Gasteiger partial charge in [-0.2, -0.15) is 0 Å². The Balaban J connectivity index is 2.29. The number of aromatic nitrogens is 2. The van der Waals surface area contributed by atoms with Crippen molar-refractivity contribution >= 4 is 5.97 Å². The molecule has 1 N–H and O–H groups in total. The lowest BCUT2D eigenvalue weighted by atomic mass is 10.1. The van der Waals surface area contributed by atoms with Gasteiger partial charge in [0.25, 0.3) is 5.56 Å². The van der Waals surface area contributed by atoms with Crippen LogP contribution in [0, 0.1) is 13.8 Å². The zero-order valence-corrected chi connectivity index (χ0v) is 10.8. The van der Waals surface area contributed by atoms with E-state index in [4.69, 9.17) is 5.11 Å². The summed E-state index contributed by atoms with van der Waals surface area (Å²) in [6.45, 7) is 3.92. The van der Waals surface area contributed by atoms with Crippen LogP contribution in [0.5, 0.6) is 0 Å². The van der Waals surface area contributed by atoms with Crippen LogP contribution >= 0.6 is 0 Å². The Labute approximate surface area is 110 Å². The lowest BCUT2D eigenvalue weighted by Crippen LogP contribution is -2.24. The summed E-state index contributed by atoms with van der Waals surface area (Å²) in [7, 11) is 0. The fourth-order valence-corrected chi connectivity index (χ4v) is 1.74. The molecule has 2 rings (SSSR count). The van der Waals surface area contributed by atoms with Gasteiger partial charge < -0.3 is 5.11 Å². The second-order valence-electron chi connectivity index (χ2n) is 4.39. The summed E-state index contributed by atoms with van der Waals surface area (Å²) in [6.07, 6.45) is 1.51. The highest BCUT2D eigenvalue weighted by molar-refractivity contribution is 5.87. The molecule has 2 aromatic rings. The van der Waals surface area contributed by atoms with Gasteiger partial charge in [0.05, 0.1) is 18.4 Å². The molecule has 0 saturated carbocycles. The van der Waals surface area contributed by atoms with Crippen LogP contribution in [0.4, 0.5) is 0 Å². The Kier molecular flexibility index (Phi) is 3.46. The molecule has 0 amide bonds. The largest absolute Gasteiger partial charge is 0.478 e. The maximum Gasteiger partial charge on any atom is 0.335 e. The maximum atomic E-state index is 12.0.